The van der Waals surface area contributed by atoms with Crippen molar-refractivity contribution in [2.24, 2.45) is 17.6 Å². The number of aromatic nitrogens is 4. The Morgan fingerprint density at radius 1 is 0.719 bits per heavy atom. The van der Waals surface area contributed by atoms with Crippen molar-refractivity contribution < 1.29 is 78.8 Å². The molecule has 0 unspecified atom stereocenters. The van der Waals surface area contributed by atoms with Crippen LogP contribution in [-0.4, -0.2) is 252 Å². The monoisotopic (exact) mass is 1350 g/mol. The summed E-state index contributed by atoms with van der Waals surface area (Å²) in [6, 6.07) is 1.37. The van der Waals surface area contributed by atoms with E-state index >= 15 is 0 Å². The molecular formula is C65H90N14O16S. The lowest BCUT2D eigenvalue weighted by atomic mass is 9.96. The molecule has 0 bridgehead atoms. The average molecular weight is 1360 g/mol. The highest BCUT2D eigenvalue weighted by Crippen LogP contribution is 2.35. The number of rotatable bonds is 17. The summed E-state index contributed by atoms with van der Waals surface area (Å²) in [4.78, 5) is 115. The van der Waals surface area contributed by atoms with Crippen molar-refractivity contribution in [3.05, 3.63) is 60.4 Å². The predicted octanol–water partition coefficient (Wildman–Crippen LogP) is -1.41. The first kappa shape index (κ1) is 71.0. The molecule has 4 aromatic rings. The number of benzene rings is 2. The van der Waals surface area contributed by atoms with Crippen molar-refractivity contribution in [3.8, 4) is 33.2 Å². The highest BCUT2D eigenvalue weighted by atomic mass is 32.1. The minimum atomic E-state index is -2.13. The zero-order chi connectivity index (χ0) is 68.5. The van der Waals surface area contributed by atoms with Crippen LogP contribution in [0.5, 0.6) is 11.5 Å². The second-order valence-electron chi connectivity index (χ2n) is 26.4. The molecule has 1 saturated carbocycles. The van der Waals surface area contributed by atoms with E-state index in [1.54, 1.807) is 0 Å². The molecule has 2 aromatic carbocycles. The molecule has 5 saturated heterocycles. The number of anilines is 2. The zero-order valence-corrected chi connectivity index (χ0v) is 55.0. The number of carbonyl (C=O) groups is 7. The first-order valence-electron chi connectivity index (χ1n) is 33.2. The van der Waals surface area contributed by atoms with Gasteiger partial charge in [0.25, 0.3) is 0 Å². The van der Waals surface area contributed by atoms with Crippen molar-refractivity contribution in [2.75, 3.05) is 69.3 Å². The molecule has 0 radical (unpaired) electrons. The summed E-state index contributed by atoms with van der Waals surface area (Å²) in [5.74, 6) is -8.03. The molecule has 30 nitrogen and oxygen atoms in total. The SMILES string of the molecule is COc1cc(C[C@@H](O)[C@@H]2NC(=O)[C@@H]3C[C@@H](O)CN3C(=O)[C@H]([C@@H](C)O)NC(=O)[C@@H](NCC3CCN(c4nnc(-c5ccc(-c6cnc(N7CCC(OC8CCCCC8)CC7)nc6)cc5)s4)CC3)C[C@@H](O)CNC(=O)[C@@H]3[C@@H](O)[C@@H](C)CN3C(=O)[C@H]([C@H](O)CC(N)=O)NC2=O)ccc1O. The Bertz CT molecular complexity index is 3350. The number of primary amides is 1. The maximum Gasteiger partial charge on any atom is 0.248 e. The van der Waals surface area contributed by atoms with Gasteiger partial charge in [0, 0.05) is 88.1 Å². The van der Waals surface area contributed by atoms with E-state index < -0.39 is 159 Å². The number of carbonyl (C=O) groups excluding carboxylic acids is 7. The Balaban J connectivity index is 0.817. The quantitative estimate of drug-likeness (QED) is 0.0578. The molecule has 14 N–H and O–H groups in total. The van der Waals surface area contributed by atoms with Gasteiger partial charge in [0.05, 0.1) is 68.4 Å². The minimum absolute atomic E-state index is 0.0158. The fraction of sp³-hybridized carbons (Fsp3) is 0.615. The van der Waals surface area contributed by atoms with E-state index in [-0.39, 0.29) is 42.2 Å². The molecule has 96 heavy (non-hydrogen) atoms. The van der Waals surface area contributed by atoms with Crippen LogP contribution in [0.2, 0.25) is 0 Å². The number of ether oxygens (including phenoxy) is 2. The molecule has 10 rings (SSSR count). The number of fused-ring (bicyclic) bond motifs is 2. The highest BCUT2D eigenvalue weighted by molar-refractivity contribution is 7.18. The maximum atomic E-state index is 14.7. The Morgan fingerprint density at radius 2 is 1.36 bits per heavy atom. The molecular weight excluding hydrogens is 1260 g/mol. The average Bonchev–Trinajstić information content (AvgIpc) is 1.61. The van der Waals surface area contributed by atoms with Gasteiger partial charge in [-0.25, -0.2) is 9.97 Å². The van der Waals surface area contributed by atoms with Gasteiger partial charge in [-0.3, -0.25) is 33.6 Å². The second kappa shape index (κ2) is 32.1. The van der Waals surface area contributed by atoms with Crippen LogP contribution in [0.15, 0.2) is 54.9 Å². The molecule has 0 spiro atoms. The molecule has 7 heterocycles. The number of nitrogens with two attached hydrogens (primary N) is 1. The Kier molecular flexibility index (Phi) is 23.7. The van der Waals surface area contributed by atoms with E-state index in [9.17, 15) is 69.3 Å². The van der Waals surface area contributed by atoms with E-state index in [4.69, 9.17) is 25.2 Å². The van der Waals surface area contributed by atoms with E-state index in [1.165, 1.54) is 82.6 Å². The largest absolute Gasteiger partial charge is 0.504 e. The number of aliphatic hydroxyl groups excluding tert-OH is 6. The number of methoxy groups -OCH3 is 1. The molecule has 1 aliphatic carbocycles. The zero-order valence-electron chi connectivity index (χ0n) is 54.2. The summed E-state index contributed by atoms with van der Waals surface area (Å²) in [6.07, 6.45) is 1.47. The van der Waals surface area contributed by atoms with Gasteiger partial charge in [-0.2, -0.15) is 0 Å². The Morgan fingerprint density at radius 3 is 2.04 bits per heavy atom. The molecule has 2 aromatic heterocycles. The third-order valence-electron chi connectivity index (χ3n) is 19.3. The number of aromatic hydroxyl groups is 1. The van der Waals surface area contributed by atoms with E-state index in [0.29, 0.717) is 38.0 Å². The van der Waals surface area contributed by atoms with Gasteiger partial charge in [0.1, 0.15) is 35.2 Å². The van der Waals surface area contributed by atoms with Crippen LogP contribution < -0.4 is 46.9 Å². The fourth-order valence-electron chi connectivity index (χ4n) is 13.7. The van der Waals surface area contributed by atoms with Gasteiger partial charge >= 0.3 is 0 Å². The van der Waals surface area contributed by atoms with Gasteiger partial charge in [-0.05, 0) is 87.6 Å². The van der Waals surface area contributed by atoms with Crippen molar-refractivity contribution in [2.45, 2.75) is 182 Å². The number of phenols is 1. The smallest absolute Gasteiger partial charge is 0.248 e. The van der Waals surface area contributed by atoms with Crippen LogP contribution in [0.25, 0.3) is 21.7 Å². The topological polar surface area (TPSA) is 430 Å². The number of aliphatic hydroxyl groups is 6. The minimum Gasteiger partial charge on any atom is -0.504 e. The molecule has 5 aliphatic heterocycles. The van der Waals surface area contributed by atoms with Crippen LogP contribution in [0.3, 0.4) is 0 Å². The van der Waals surface area contributed by atoms with Crippen LogP contribution in [-0.2, 0) is 44.7 Å². The van der Waals surface area contributed by atoms with E-state index in [1.807, 2.05) is 36.7 Å². The summed E-state index contributed by atoms with van der Waals surface area (Å²) in [6.45, 7) is 4.47. The lowest BCUT2D eigenvalue weighted by Gasteiger charge is -2.34. The van der Waals surface area contributed by atoms with Gasteiger partial charge in [0.15, 0.2) is 11.5 Å². The number of nitrogens with one attached hydrogen (secondary N) is 5. The summed E-state index contributed by atoms with van der Waals surface area (Å²) in [5.41, 5.74) is 8.45. The van der Waals surface area contributed by atoms with Gasteiger partial charge in [0.2, 0.25) is 52.4 Å². The number of nitrogens with zero attached hydrogens (tertiary/aromatic N) is 8. The third-order valence-corrected chi connectivity index (χ3v) is 20.3. The van der Waals surface area contributed by atoms with Crippen LogP contribution in [0.1, 0.15) is 96.5 Å². The molecule has 6 aliphatic rings. The lowest BCUT2D eigenvalue weighted by Crippen LogP contribution is -2.64. The number of hydrogen-bond donors (Lipinski definition) is 13. The first-order chi connectivity index (χ1) is 46.0. The van der Waals surface area contributed by atoms with Crippen LogP contribution in [0.4, 0.5) is 11.1 Å². The molecule has 7 amide bonds. The van der Waals surface area contributed by atoms with Crippen LogP contribution in [0, 0.1) is 11.8 Å². The number of β-amino-alcohol motifs (C(OH)–C–C–N with tert-alkyl or cyclic N) is 1. The molecule has 31 heteroatoms. The first-order valence-corrected chi connectivity index (χ1v) is 34.0. The number of hydrogen-bond acceptors (Lipinski definition) is 24. The summed E-state index contributed by atoms with van der Waals surface area (Å²) in [7, 11) is 1.27. The predicted molar refractivity (Wildman–Crippen MR) is 348 cm³/mol. The third kappa shape index (κ3) is 17.3. The van der Waals surface area contributed by atoms with E-state index in [0.717, 1.165) is 62.6 Å². The van der Waals surface area contributed by atoms with Gasteiger partial charge in [-0.1, -0.05) is 67.9 Å². The maximum absolute atomic E-state index is 14.7. The van der Waals surface area contributed by atoms with Gasteiger partial charge < -0.3 is 97.1 Å². The highest BCUT2D eigenvalue weighted by Gasteiger charge is 2.50. The van der Waals surface area contributed by atoms with E-state index in [2.05, 4.69) is 46.6 Å². The summed E-state index contributed by atoms with van der Waals surface area (Å²) < 4.78 is 11.6. The number of piperidine rings is 2. The standard InChI is InChI=1S/C65H90N14O16S/c1-34-32-79-55(56(34)87)60(91)68-31-41(81)25-45(67-28-36-15-19-77(20-16-36)65-75-74-61(96-65)39-12-10-38(11-13-39)40-29-69-64(70-30-40)76-21-17-44(18-22-76)95-43-7-5-4-6-8-43)57(88)71-52(35(2)80)62(92)78-33-42(82)26-46(78)58(89)72-53(48(84)23-37-9-14-47(83)50(24-37)94-3)59(90)73-54(63(79)93)49(85)27-51(66)86/h9-14,24,29-30,34-36,41-46,48-49,52-56,67,80-85,87H,4-8,15-23,25-28,31-33H2,1-3H3,(H2,66,86)(H,68,91)(H,71,88)(H,72,89)(H,73,90)/t34-,35+,41+,42+,45-,46-,48+,49+,52-,53-,54-,55-,56-/m0/s1. The van der Waals surface area contributed by atoms with Crippen LogP contribution >= 0.6 is 11.3 Å². The summed E-state index contributed by atoms with van der Waals surface area (Å²) >= 11 is 1.46. The fourth-order valence-corrected chi connectivity index (χ4v) is 14.6. The molecule has 522 valence electrons. The van der Waals surface area contributed by atoms with Crippen molar-refractivity contribution in [3.63, 3.8) is 0 Å². The van der Waals surface area contributed by atoms with Crippen molar-refractivity contribution in [1.29, 1.82) is 0 Å². The molecule has 6 fully saturated rings. The Labute approximate surface area is 559 Å². The number of phenolic OH excluding ortho intramolecular Hbond substituents is 1. The lowest BCUT2D eigenvalue weighted by molar-refractivity contribution is -0.147. The second-order valence-corrected chi connectivity index (χ2v) is 27.3. The van der Waals surface area contributed by atoms with Crippen molar-refractivity contribution in [1.82, 2.24) is 56.5 Å². The van der Waals surface area contributed by atoms with Crippen molar-refractivity contribution >= 4 is 63.8 Å². The molecule has 13 atom stereocenters. The van der Waals surface area contributed by atoms with Gasteiger partial charge in [-0.15, -0.1) is 10.2 Å². The number of amides is 7. The Hall–Kier alpha value is -7.75. The summed E-state index contributed by atoms with van der Waals surface area (Å²) in [5, 5.41) is 103. The normalized spacial score (nSPS) is 27.8.